The summed E-state index contributed by atoms with van der Waals surface area (Å²) in [4.78, 5) is 11.6. The third-order valence-corrected chi connectivity index (χ3v) is 2.64. The third-order valence-electron chi connectivity index (χ3n) is 2.22. The molecule has 0 spiro atoms. The molecule has 0 aliphatic heterocycles. The second-order valence-electron chi connectivity index (χ2n) is 3.71. The number of rotatable bonds is 8. The van der Waals surface area contributed by atoms with Gasteiger partial charge in [0.2, 0.25) is 0 Å². The van der Waals surface area contributed by atoms with Crippen molar-refractivity contribution in [2.24, 2.45) is 0 Å². The zero-order valence-corrected chi connectivity index (χ0v) is 11.6. The van der Waals surface area contributed by atoms with Crippen molar-refractivity contribution < 1.29 is 13.9 Å². The number of carbonyl (C=O) groups is 1. The molecule has 4 nitrogen and oxygen atoms in total. The molecule has 1 rings (SSSR count). The molecule has 17 heavy (non-hydrogen) atoms. The number of nitrogens with one attached hydrogen (secondary N) is 1. The predicted molar refractivity (Wildman–Crippen MR) is 69.1 cm³/mol. The van der Waals surface area contributed by atoms with E-state index in [1.165, 1.54) is 6.26 Å². The highest BCUT2D eigenvalue weighted by Crippen LogP contribution is 2.13. The van der Waals surface area contributed by atoms with Crippen molar-refractivity contribution in [2.45, 2.75) is 26.2 Å². The Kier molecular flexibility index (Phi) is 6.96. The van der Waals surface area contributed by atoms with Gasteiger partial charge in [0.15, 0.2) is 4.67 Å². The van der Waals surface area contributed by atoms with E-state index in [4.69, 9.17) is 9.15 Å². The minimum absolute atomic E-state index is 0.118. The Labute approximate surface area is 110 Å². The monoisotopic (exact) mass is 303 g/mol. The first kappa shape index (κ1) is 14.3. The Hall–Kier alpha value is -0.810. The summed E-state index contributed by atoms with van der Waals surface area (Å²) < 4.78 is 10.9. The van der Waals surface area contributed by atoms with Gasteiger partial charge in [-0.3, -0.25) is 4.79 Å². The van der Waals surface area contributed by atoms with Crippen LogP contribution in [0.25, 0.3) is 0 Å². The number of unbranched alkanes of at least 4 members (excludes halogenated alkanes) is 1. The largest absolute Gasteiger partial charge is 0.457 e. The summed E-state index contributed by atoms with van der Waals surface area (Å²) in [5, 5.41) is 2.80. The average molecular weight is 304 g/mol. The number of hydrogen-bond acceptors (Lipinski definition) is 3. The molecular formula is C12H18BrNO3. The van der Waals surface area contributed by atoms with Gasteiger partial charge < -0.3 is 14.5 Å². The summed E-state index contributed by atoms with van der Waals surface area (Å²) in [7, 11) is 0. The lowest BCUT2D eigenvalue weighted by Crippen LogP contribution is -2.24. The van der Waals surface area contributed by atoms with Crippen molar-refractivity contribution in [3.63, 3.8) is 0 Å². The maximum atomic E-state index is 11.6. The summed E-state index contributed by atoms with van der Waals surface area (Å²) in [5.41, 5.74) is 0.531. The Morgan fingerprint density at radius 2 is 2.24 bits per heavy atom. The first-order valence-corrected chi connectivity index (χ1v) is 6.63. The standard InChI is InChI=1S/C12H18BrNO3/c1-2-3-6-16-7-4-5-14-12(15)10-8-11(13)17-9-10/h8-9H,2-7H2,1H3,(H,14,15). The van der Waals surface area contributed by atoms with Gasteiger partial charge in [-0.1, -0.05) is 13.3 Å². The van der Waals surface area contributed by atoms with Crippen LogP contribution in [-0.2, 0) is 4.74 Å². The number of halogens is 1. The summed E-state index contributed by atoms with van der Waals surface area (Å²) in [6, 6.07) is 1.65. The van der Waals surface area contributed by atoms with Gasteiger partial charge >= 0.3 is 0 Å². The van der Waals surface area contributed by atoms with E-state index in [-0.39, 0.29) is 5.91 Å². The Morgan fingerprint density at radius 1 is 1.47 bits per heavy atom. The summed E-state index contributed by atoms with van der Waals surface area (Å²) in [6.45, 7) is 4.24. The molecule has 1 amide bonds. The smallest absolute Gasteiger partial charge is 0.254 e. The van der Waals surface area contributed by atoms with Gasteiger partial charge in [0, 0.05) is 25.8 Å². The lowest BCUT2D eigenvalue weighted by molar-refractivity contribution is 0.0940. The lowest BCUT2D eigenvalue weighted by Gasteiger charge is -2.04. The number of furan rings is 1. The zero-order chi connectivity index (χ0) is 12.5. The highest BCUT2D eigenvalue weighted by atomic mass is 79.9. The van der Waals surface area contributed by atoms with E-state index in [2.05, 4.69) is 28.2 Å². The van der Waals surface area contributed by atoms with Crippen molar-refractivity contribution in [1.29, 1.82) is 0 Å². The first-order chi connectivity index (χ1) is 8.24. The van der Waals surface area contributed by atoms with E-state index in [0.717, 1.165) is 25.9 Å². The maximum absolute atomic E-state index is 11.6. The zero-order valence-electron chi connectivity index (χ0n) is 10.0. The Morgan fingerprint density at radius 3 is 2.88 bits per heavy atom. The molecule has 1 aromatic heterocycles. The van der Waals surface area contributed by atoms with Crippen LogP contribution in [0.3, 0.4) is 0 Å². The molecule has 0 bridgehead atoms. The van der Waals surface area contributed by atoms with Crippen LogP contribution in [0.2, 0.25) is 0 Å². The highest BCUT2D eigenvalue weighted by molar-refractivity contribution is 9.10. The molecule has 0 atom stereocenters. The summed E-state index contributed by atoms with van der Waals surface area (Å²) >= 11 is 3.15. The fourth-order valence-corrected chi connectivity index (χ4v) is 1.60. The second kappa shape index (κ2) is 8.31. The van der Waals surface area contributed by atoms with E-state index < -0.39 is 0 Å². The molecule has 0 saturated carbocycles. The van der Waals surface area contributed by atoms with E-state index >= 15 is 0 Å². The molecule has 1 aromatic rings. The Bertz CT molecular complexity index is 338. The molecule has 0 unspecified atom stereocenters. The van der Waals surface area contributed by atoms with Crippen molar-refractivity contribution in [1.82, 2.24) is 5.32 Å². The maximum Gasteiger partial charge on any atom is 0.254 e. The van der Waals surface area contributed by atoms with Gasteiger partial charge in [-0.25, -0.2) is 0 Å². The fraction of sp³-hybridized carbons (Fsp3) is 0.583. The van der Waals surface area contributed by atoms with Gasteiger partial charge in [0.05, 0.1) is 5.56 Å². The van der Waals surface area contributed by atoms with Gasteiger partial charge in [-0.2, -0.15) is 0 Å². The van der Waals surface area contributed by atoms with Crippen molar-refractivity contribution in [3.05, 3.63) is 22.6 Å². The molecule has 1 N–H and O–H groups in total. The van der Waals surface area contributed by atoms with Crippen LogP contribution in [-0.4, -0.2) is 25.7 Å². The number of hydrogen-bond donors (Lipinski definition) is 1. The topological polar surface area (TPSA) is 51.5 Å². The third kappa shape index (κ3) is 5.89. The van der Waals surface area contributed by atoms with Crippen LogP contribution in [0.5, 0.6) is 0 Å². The van der Waals surface area contributed by atoms with Gasteiger partial charge in [-0.05, 0) is 28.8 Å². The van der Waals surface area contributed by atoms with Crippen molar-refractivity contribution in [2.75, 3.05) is 19.8 Å². The number of carbonyl (C=O) groups excluding carboxylic acids is 1. The quantitative estimate of drug-likeness (QED) is 0.751. The van der Waals surface area contributed by atoms with Crippen molar-refractivity contribution >= 4 is 21.8 Å². The molecule has 96 valence electrons. The van der Waals surface area contributed by atoms with Crippen LogP contribution >= 0.6 is 15.9 Å². The normalized spacial score (nSPS) is 10.5. The SMILES string of the molecule is CCCCOCCCNC(=O)c1coc(Br)c1. The lowest BCUT2D eigenvalue weighted by atomic mass is 10.3. The highest BCUT2D eigenvalue weighted by Gasteiger charge is 2.07. The van der Waals surface area contributed by atoms with Crippen LogP contribution in [0.15, 0.2) is 21.4 Å². The van der Waals surface area contributed by atoms with E-state index in [0.29, 0.717) is 23.4 Å². The van der Waals surface area contributed by atoms with Gasteiger partial charge in [0.1, 0.15) is 6.26 Å². The minimum atomic E-state index is -0.118. The van der Waals surface area contributed by atoms with E-state index in [1.807, 2.05) is 0 Å². The van der Waals surface area contributed by atoms with Gasteiger partial charge in [0.25, 0.3) is 5.91 Å². The molecule has 0 aliphatic rings. The van der Waals surface area contributed by atoms with Crippen molar-refractivity contribution in [3.8, 4) is 0 Å². The van der Waals surface area contributed by atoms with Gasteiger partial charge in [-0.15, -0.1) is 0 Å². The first-order valence-electron chi connectivity index (χ1n) is 5.84. The minimum Gasteiger partial charge on any atom is -0.457 e. The van der Waals surface area contributed by atoms with Crippen LogP contribution in [0.4, 0.5) is 0 Å². The molecule has 0 saturated heterocycles. The number of amides is 1. The molecule has 5 heteroatoms. The average Bonchev–Trinajstić information content (AvgIpc) is 2.74. The Balaban J connectivity index is 2.05. The molecular weight excluding hydrogens is 286 g/mol. The van der Waals surface area contributed by atoms with Crippen LogP contribution in [0.1, 0.15) is 36.5 Å². The molecule has 0 radical (unpaired) electrons. The molecule has 1 heterocycles. The fourth-order valence-electron chi connectivity index (χ4n) is 1.26. The van der Waals surface area contributed by atoms with Crippen LogP contribution < -0.4 is 5.32 Å². The molecule has 0 fully saturated rings. The van der Waals surface area contributed by atoms with E-state index in [1.54, 1.807) is 6.07 Å². The summed E-state index contributed by atoms with van der Waals surface area (Å²) in [6.07, 6.45) is 4.49. The molecule has 0 aliphatic carbocycles. The summed E-state index contributed by atoms with van der Waals surface area (Å²) in [5.74, 6) is -0.118. The van der Waals surface area contributed by atoms with Crippen LogP contribution in [0, 0.1) is 0 Å². The predicted octanol–water partition coefficient (Wildman–Crippen LogP) is 2.98. The molecule has 0 aromatic carbocycles. The second-order valence-corrected chi connectivity index (χ2v) is 4.50. The number of ether oxygens (including phenoxy) is 1. The van der Waals surface area contributed by atoms with E-state index in [9.17, 15) is 4.79 Å².